The molecule has 0 aromatic carbocycles. The van der Waals surface area contributed by atoms with Crippen molar-refractivity contribution >= 4 is 11.3 Å². The van der Waals surface area contributed by atoms with Crippen LogP contribution in [0.15, 0.2) is 6.20 Å². The van der Waals surface area contributed by atoms with Crippen LogP contribution in [0.5, 0.6) is 5.19 Å². The number of aliphatic hydroxyl groups excluding tert-OH is 1. The van der Waals surface area contributed by atoms with E-state index in [2.05, 4.69) is 10.3 Å². The largest absolute Gasteiger partial charge is 0.473 e. The zero-order valence-electron chi connectivity index (χ0n) is 8.06. The molecule has 2 heterocycles. The maximum atomic E-state index is 10.0. The quantitative estimate of drug-likeness (QED) is 0.781. The summed E-state index contributed by atoms with van der Waals surface area (Å²) >= 11 is 1.42. The number of nitrogens with zero attached hydrogens (tertiary/aromatic N) is 1. The molecule has 1 aliphatic rings. The molecule has 2 N–H and O–H groups in total. The van der Waals surface area contributed by atoms with Crippen LogP contribution < -0.4 is 10.1 Å². The summed E-state index contributed by atoms with van der Waals surface area (Å²) in [6.07, 6.45) is 2.33. The number of methoxy groups -OCH3 is 1. The summed E-state index contributed by atoms with van der Waals surface area (Å²) < 4.78 is 4.99. The number of hydrogen-bond donors (Lipinski definition) is 2. The van der Waals surface area contributed by atoms with E-state index in [0.29, 0.717) is 11.1 Å². The lowest BCUT2D eigenvalue weighted by Gasteiger charge is -2.14. The van der Waals surface area contributed by atoms with Crippen LogP contribution in [0.25, 0.3) is 0 Å². The molecule has 78 valence electrons. The SMILES string of the molecule is COc1ncc(C(O)C2CCNC2)s1. The molecule has 1 aliphatic heterocycles. The van der Waals surface area contributed by atoms with Crippen LogP contribution in [0.1, 0.15) is 17.4 Å². The third kappa shape index (κ3) is 1.89. The molecule has 14 heavy (non-hydrogen) atoms. The predicted molar refractivity (Wildman–Crippen MR) is 54.6 cm³/mol. The van der Waals surface area contributed by atoms with Crippen molar-refractivity contribution in [1.29, 1.82) is 0 Å². The number of nitrogens with one attached hydrogen (secondary N) is 1. The van der Waals surface area contributed by atoms with Gasteiger partial charge in [0.15, 0.2) is 0 Å². The van der Waals surface area contributed by atoms with Gasteiger partial charge in [-0.1, -0.05) is 11.3 Å². The summed E-state index contributed by atoms with van der Waals surface area (Å²) in [7, 11) is 1.59. The smallest absolute Gasteiger partial charge is 0.273 e. The van der Waals surface area contributed by atoms with Gasteiger partial charge in [0.05, 0.1) is 18.1 Å². The fourth-order valence-corrected chi connectivity index (χ4v) is 2.49. The van der Waals surface area contributed by atoms with Gasteiger partial charge in [0.2, 0.25) is 0 Å². The Morgan fingerprint density at radius 1 is 1.79 bits per heavy atom. The Bertz CT molecular complexity index is 297. The molecule has 0 spiro atoms. The number of aliphatic hydroxyl groups is 1. The molecule has 5 heteroatoms. The van der Waals surface area contributed by atoms with Gasteiger partial charge < -0.3 is 15.2 Å². The molecule has 0 aliphatic carbocycles. The summed E-state index contributed by atoms with van der Waals surface area (Å²) in [4.78, 5) is 4.94. The number of thiazole rings is 1. The van der Waals surface area contributed by atoms with E-state index in [0.717, 1.165) is 24.4 Å². The van der Waals surface area contributed by atoms with Crippen molar-refractivity contribution in [2.75, 3.05) is 20.2 Å². The molecule has 1 fully saturated rings. The van der Waals surface area contributed by atoms with Gasteiger partial charge in [-0.15, -0.1) is 0 Å². The zero-order chi connectivity index (χ0) is 9.97. The third-order valence-corrected chi connectivity index (χ3v) is 3.54. The molecule has 1 saturated heterocycles. The van der Waals surface area contributed by atoms with Crippen molar-refractivity contribution in [3.63, 3.8) is 0 Å². The normalized spacial score (nSPS) is 23.7. The van der Waals surface area contributed by atoms with Crippen molar-refractivity contribution in [2.24, 2.45) is 5.92 Å². The summed E-state index contributed by atoms with van der Waals surface area (Å²) in [5, 5.41) is 13.9. The summed E-state index contributed by atoms with van der Waals surface area (Å²) in [5.41, 5.74) is 0. The number of aromatic nitrogens is 1. The van der Waals surface area contributed by atoms with Crippen molar-refractivity contribution < 1.29 is 9.84 Å². The highest BCUT2D eigenvalue weighted by Crippen LogP contribution is 2.32. The molecule has 2 atom stereocenters. The Morgan fingerprint density at radius 3 is 3.21 bits per heavy atom. The van der Waals surface area contributed by atoms with Crippen LogP contribution >= 0.6 is 11.3 Å². The molecule has 0 amide bonds. The Morgan fingerprint density at radius 2 is 2.64 bits per heavy atom. The predicted octanol–water partition coefficient (Wildman–Crippen LogP) is 0.795. The number of rotatable bonds is 3. The molecule has 0 saturated carbocycles. The van der Waals surface area contributed by atoms with E-state index in [9.17, 15) is 5.11 Å². The van der Waals surface area contributed by atoms with E-state index in [1.165, 1.54) is 11.3 Å². The minimum Gasteiger partial charge on any atom is -0.473 e. The minimum absolute atomic E-state index is 0.320. The van der Waals surface area contributed by atoms with Gasteiger partial charge in [0, 0.05) is 18.7 Å². The summed E-state index contributed by atoms with van der Waals surface area (Å²) in [6, 6.07) is 0. The van der Waals surface area contributed by atoms with Gasteiger partial charge in [-0.3, -0.25) is 0 Å². The van der Waals surface area contributed by atoms with E-state index < -0.39 is 6.10 Å². The second-order valence-electron chi connectivity index (χ2n) is 3.43. The Kier molecular flexibility index (Phi) is 3.00. The Labute approximate surface area is 86.9 Å². The van der Waals surface area contributed by atoms with E-state index in [4.69, 9.17) is 4.74 Å². The van der Waals surface area contributed by atoms with Gasteiger partial charge in [-0.2, -0.15) is 0 Å². The van der Waals surface area contributed by atoms with Crippen LogP contribution in [-0.4, -0.2) is 30.3 Å². The van der Waals surface area contributed by atoms with Crippen LogP contribution in [0.2, 0.25) is 0 Å². The first-order chi connectivity index (χ1) is 6.81. The first-order valence-corrected chi connectivity index (χ1v) is 5.51. The van der Waals surface area contributed by atoms with E-state index in [1.807, 2.05) is 0 Å². The highest BCUT2D eigenvalue weighted by Gasteiger charge is 2.25. The fraction of sp³-hybridized carbons (Fsp3) is 0.667. The van der Waals surface area contributed by atoms with Gasteiger partial charge in [0.25, 0.3) is 5.19 Å². The molecule has 1 aromatic heterocycles. The zero-order valence-corrected chi connectivity index (χ0v) is 8.88. The number of ether oxygens (including phenoxy) is 1. The average Bonchev–Trinajstić information content (AvgIpc) is 2.88. The molecule has 2 rings (SSSR count). The lowest BCUT2D eigenvalue weighted by molar-refractivity contribution is 0.121. The first kappa shape index (κ1) is 9.89. The lowest BCUT2D eigenvalue weighted by atomic mass is 10.0. The molecule has 0 radical (unpaired) electrons. The minimum atomic E-state index is -0.397. The Hall–Kier alpha value is -0.650. The standard InChI is InChI=1S/C9H14N2O2S/c1-13-9-11-5-7(14-9)8(12)6-2-3-10-4-6/h5-6,8,10,12H,2-4H2,1H3. The third-order valence-electron chi connectivity index (χ3n) is 2.51. The number of hydrogen-bond acceptors (Lipinski definition) is 5. The second kappa shape index (κ2) is 4.25. The molecule has 1 aromatic rings. The monoisotopic (exact) mass is 214 g/mol. The maximum Gasteiger partial charge on any atom is 0.273 e. The van der Waals surface area contributed by atoms with Crippen LogP contribution in [0.4, 0.5) is 0 Å². The molecular weight excluding hydrogens is 200 g/mol. The molecule has 0 bridgehead atoms. The van der Waals surface area contributed by atoms with E-state index in [-0.39, 0.29) is 0 Å². The van der Waals surface area contributed by atoms with E-state index in [1.54, 1.807) is 13.3 Å². The van der Waals surface area contributed by atoms with Gasteiger partial charge >= 0.3 is 0 Å². The molecule has 4 nitrogen and oxygen atoms in total. The topological polar surface area (TPSA) is 54.4 Å². The average molecular weight is 214 g/mol. The first-order valence-electron chi connectivity index (χ1n) is 4.69. The second-order valence-corrected chi connectivity index (χ2v) is 4.46. The Balaban J connectivity index is 2.05. The fourth-order valence-electron chi connectivity index (χ4n) is 1.68. The summed E-state index contributed by atoms with van der Waals surface area (Å²) in [6.45, 7) is 1.89. The van der Waals surface area contributed by atoms with Gasteiger partial charge in [0.1, 0.15) is 0 Å². The van der Waals surface area contributed by atoms with Crippen LogP contribution in [0.3, 0.4) is 0 Å². The van der Waals surface area contributed by atoms with Gasteiger partial charge in [-0.05, 0) is 13.0 Å². The van der Waals surface area contributed by atoms with Crippen LogP contribution in [-0.2, 0) is 0 Å². The van der Waals surface area contributed by atoms with Crippen molar-refractivity contribution in [2.45, 2.75) is 12.5 Å². The van der Waals surface area contributed by atoms with Crippen LogP contribution in [0, 0.1) is 5.92 Å². The van der Waals surface area contributed by atoms with Crippen molar-refractivity contribution in [3.05, 3.63) is 11.1 Å². The summed E-state index contributed by atoms with van der Waals surface area (Å²) in [5.74, 6) is 0.320. The molecule has 2 unspecified atom stereocenters. The van der Waals surface area contributed by atoms with Gasteiger partial charge in [-0.25, -0.2) is 4.98 Å². The maximum absolute atomic E-state index is 10.0. The highest BCUT2D eigenvalue weighted by molar-refractivity contribution is 7.13. The molecular formula is C9H14N2O2S. The van der Waals surface area contributed by atoms with Crippen molar-refractivity contribution in [1.82, 2.24) is 10.3 Å². The van der Waals surface area contributed by atoms with Crippen molar-refractivity contribution in [3.8, 4) is 5.19 Å². The highest BCUT2D eigenvalue weighted by atomic mass is 32.1. The van der Waals surface area contributed by atoms with E-state index >= 15 is 0 Å². The lowest BCUT2D eigenvalue weighted by Crippen LogP contribution is -2.15.